The lowest BCUT2D eigenvalue weighted by Crippen LogP contribution is -1.95. The standard InChI is InChI=1S/C16H16N2.C4H10.C2H6/c1-10(2)12-9-16-15(8-11(12)3)17-13-6-4-5-7-14(13)18-16;1-4(2)3;1-2/h4-10H,1-3H3;4H,1-3H3;1-2H3. The second kappa shape index (κ2) is 9.36. The van der Waals surface area contributed by atoms with E-state index in [-0.39, 0.29) is 0 Å². The van der Waals surface area contributed by atoms with Crippen LogP contribution >= 0.6 is 0 Å². The van der Waals surface area contributed by atoms with Crippen LogP contribution in [0.3, 0.4) is 0 Å². The molecule has 24 heavy (non-hydrogen) atoms. The normalized spacial score (nSPS) is 10.4. The number of fused-ring (bicyclic) bond motifs is 2. The monoisotopic (exact) mass is 324 g/mol. The highest BCUT2D eigenvalue weighted by Crippen LogP contribution is 2.24. The van der Waals surface area contributed by atoms with Crippen LogP contribution in [0.2, 0.25) is 0 Å². The van der Waals surface area contributed by atoms with Crippen LogP contribution in [-0.2, 0) is 0 Å². The Kier molecular flexibility index (Phi) is 7.84. The Labute approximate surface area is 147 Å². The molecule has 2 nitrogen and oxygen atoms in total. The highest BCUT2D eigenvalue weighted by atomic mass is 14.8. The van der Waals surface area contributed by atoms with Gasteiger partial charge in [-0.25, -0.2) is 9.97 Å². The van der Waals surface area contributed by atoms with Gasteiger partial charge in [0.2, 0.25) is 0 Å². The largest absolute Gasteiger partial charge is 0.244 e. The summed E-state index contributed by atoms with van der Waals surface area (Å²) in [5, 5.41) is 0. The van der Waals surface area contributed by atoms with Crippen LogP contribution in [0.4, 0.5) is 0 Å². The summed E-state index contributed by atoms with van der Waals surface area (Å²) in [5.41, 5.74) is 6.54. The topological polar surface area (TPSA) is 25.8 Å². The molecule has 0 unspecified atom stereocenters. The minimum atomic E-state index is 0.516. The molecule has 0 spiro atoms. The third-order valence-electron chi connectivity index (χ3n) is 3.35. The second-order valence-electron chi connectivity index (χ2n) is 6.80. The van der Waals surface area contributed by atoms with E-state index < -0.39 is 0 Å². The van der Waals surface area contributed by atoms with Gasteiger partial charge in [-0.15, -0.1) is 0 Å². The maximum Gasteiger partial charge on any atom is 0.0897 e. The molecule has 1 heterocycles. The summed E-state index contributed by atoms with van der Waals surface area (Å²) in [6.45, 7) is 17.1. The minimum Gasteiger partial charge on any atom is -0.244 e. The zero-order valence-electron chi connectivity index (χ0n) is 16.5. The number of hydrogen-bond acceptors (Lipinski definition) is 2. The van der Waals surface area contributed by atoms with Gasteiger partial charge < -0.3 is 0 Å². The van der Waals surface area contributed by atoms with Crippen molar-refractivity contribution < 1.29 is 0 Å². The third-order valence-corrected chi connectivity index (χ3v) is 3.35. The Morgan fingerprint density at radius 2 is 1.12 bits per heavy atom. The molecule has 0 aliphatic rings. The maximum atomic E-state index is 4.70. The van der Waals surface area contributed by atoms with Gasteiger partial charge in [0.05, 0.1) is 22.1 Å². The smallest absolute Gasteiger partial charge is 0.0897 e. The molecule has 0 bridgehead atoms. The molecular weight excluding hydrogens is 292 g/mol. The lowest BCUT2D eigenvalue weighted by atomic mass is 9.97. The van der Waals surface area contributed by atoms with Gasteiger partial charge in [0.25, 0.3) is 0 Å². The van der Waals surface area contributed by atoms with E-state index in [4.69, 9.17) is 4.98 Å². The molecule has 1 aromatic heterocycles. The van der Waals surface area contributed by atoms with E-state index in [1.807, 2.05) is 38.1 Å². The van der Waals surface area contributed by atoms with Crippen LogP contribution in [0, 0.1) is 12.8 Å². The van der Waals surface area contributed by atoms with Gasteiger partial charge in [0.1, 0.15) is 0 Å². The number of aromatic nitrogens is 2. The summed E-state index contributed by atoms with van der Waals surface area (Å²) < 4.78 is 0. The average molecular weight is 325 g/mol. The number of nitrogens with zero attached hydrogens (tertiary/aromatic N) is 2. The third kappa shape index (κ3) is 5.30. The van der Waals surface area contributed by atoms with Gasteiger partial charge in [-0.2, -0.15) is 0 Å². The SMILES string of the molecule is CC.CC(C)C.Cc1cc2nc3ccccc3nc2cc1C(C)C. The highest BCUT2D eigenvalue weighted by Gasteiger charge is 2.08. The molecule has 2 aromatic carbocycles. The first kappa shape index (κ1) is 20.1. The molecule has 130 valence electrons. The molecule has 0 aliphatic heterocycles. The Balaban J connectivity index is 0.000000423. The van der Waals surface area contributed by atoms with Gasteiger partial charge in [0.15, 0.2) is 0 Å². The van der Waals surface area contributed by atoms with Crippen molar-refractivity contribution in [2.45, 2.75) is 61.3 Å². The van der Waals surface area contributed by atoms with Crippen LogP contribution < -0.4 is 0 Å². The Bertz CT molecular complexity index is 771. The summed E-state index contributed by atoms with van der Waals surface area (Å²) in [7, 11) is 0. The first-order valence-corrected chi connectivity index (χ1v) is 9.05. The summed E-state index contributed by atoms with van der Waals surface area (Å²) in [4.78, 5) is 9.38. The van der Waals surface area contributed by atoms with Crippen molar-refractivity contribution in [1.82, 2.24) is 9.97 Å². The molecule has 0 atom stereocenters. The van der Waals surface area contributed by atoms with Crippen molar-refractivity contribution >= 4 is 22.1 Å². The lowest BCUT2D eigenvalue weighted by molar-refractivity contribution is 0.737. The van der Waals surface area contributed by atoms with E-state index in [0.29, 0.717) is 5.92 Å². The summed E-state index contributed by atoms with van der Waals surface area (Å²) >= 11 is 0. The zero-order valence-corrected chi connectivity index (χ0v) is 16.5. The quantitative estimate of drug-likeness (QED) is 0.455. The maximum absolute atomic E-state index is 4.70. The highest BCUT2D eigenvalue weighted by molar-refractivity contribution is 5.86. The molecule has 0 radical (unpaired) electrons. The first-order chi connectivity index (χ1) is 11.4. The van der Waals surface area contributed by atoms with E-state index in [1.54, 1.807) is 0 Å². The minimum absolute atomic E-state index is 0.516. The number of benzene rings is 2. The van der Waals surface area contributed by atoms with E-state index >= 15 is 0 Å². The molecule has 0 saturated heterocycles. The number of rotatable bonds is 1. The van der Waals surface area contributed by atoms with Crippen LogP contribution in [0.1, 0.15) is 65.5 Å². The van der Waals surface area contributed by atoms with E-state index in [0.717, 1.165) is 28.0 Å². The molecule has 0 saturated carbocycles. The van der Waals surface area contributed by atoms with Crippen LogP contribution in [0.5, 0.6) is 0 Å². The van der Waals surface area contributed by atoms with Crippen molar-refractivity contribution in [3.05, 3.63) is 47.5 Å². The fraction of sp³-hybridized carbons (Fsp3) is 0.455. The predicted octanol–water partition coefficient (Wildman–Crippen LogP) is 6.90. The van der Waals surface area contributed by atoms with Gasteiger partial charge in [-0.05, 0) is 54.2 Å². The predicted molar refractivity (Wildman–Crippen MR) is 108 cm³/mol. The second-order valence-corrected chi connectivity index (χ2v) is 6.80. The van der Waals surface area contributed by atoms with Crippen molar-refractivity contribution in [3.8, 4) is 0 Å². The number of para-hydroxylation sites is 2. The molecule has 3 aromatic rings. The molecular formula is C22H32N2. The Morgan fingerprint density at radius 3 is 1.54 bits per heavy atom. The lowest BCUT2D eigenvalue weighted by Gasteiger charge is -2.11. The van der Waals surface area contributed by atoms with Gasteiger partial charge >= 0.3 is 0 Å². The molecule has 3 rings (SSSR count). The van der Waals surface area contributed by atoms with E-state index in [1.165, 1.54) is 11.1 Å². The van der Waals surface area contributed by atoms with Crippen molar-refractivity contribution in [2.75, 3.05) is 0 Å². The first-order valence-electron chi connectivity index (χ1n) is 9.05. The van der Waals surface area contributed by atoms with Gasteiger partial charge in [-0.1, -0.05) is 60.6 Å². The summed E-state index contributed by atoms with van der Waals surface area (Å²) in [5.74, 6) is 1.35. The number of aryl methyl sites for hydroxylation is 1. The molecule has 2 heteroatoms. The van der Waals surface area contributed by atoms with Gasteiger partial charge in [0, 0.05) is 0 Å². The molecule has 0 amide bonds. The molecule has 0 aliphatic carbocycles. The molecule has 0 fully saturated rings. The van der Waals surface area contributed by atoms with Crippen molar-refractivity contribution in [3.63, 3.8) is 0 Å². The van der Waals surface area contributed by atoms with Crippen LogP contribution in [0.15, 0.2) is 36.4 Å². The Hall–Kier alpha value is -1.96. The summed E-state index contributed by atoms with van der Waals surface area (Å²) in [6.07, 6.45) is 0. The van der Waals surface area contributed by atoms with Gasteiger partial charge in [-0.3, -0.25) is 0 Å². The van der Waals surface area contributed by atoms with E-state index in [2.05, 4.69) is 58.7 Å². The van der Waals surface area contributed by atoms with Crippen LogP contribution in [-0.4, -0.2) is 9.97 Å². The summed E-state index contributed by atoms with van der Waals surface area (Å²) in [6, 6.07) is 12.3. The Morgan fingerprint density at radius 1 is 0.708 bits per heavy atom. The average Bonchev–Trinajstić information content (AvgIpc) is 2.53. The van der Waals surface area contributed by atoms with E-state index in [9.17, 15) is 0 Å². The molecule has 0 N–H and O–H groups in total. The van der Waals surface area contributed by atoms with Crippen molar-refractivity contribution in [2.24, 2.45) is 5.92 Å². The van der Waals surface area contributed by atoms with Crippen molar-refractivity contribution in [1.29, 1.82) is 0 Å². The fourth-order valence-electron chi connectivity index (χ4n) is 2.41. The zero-order chi connectivity index (χ0) is 18.3. The van der Waals surface area contributed by atoms with Crippen LogP contribution in [0.25, 0.3) is 22.1 Å². The number of hydrogen-bond donors (Lipinski definition) is 0. The fourth-order valence-corrected chi connectivity index (χ4v) is 2.41.